The Kier molecular flexibility index (Phi) is 3.90. The lowest BCUT2D eigenvalue weighted by Gasteiger charge is -2.14. The van der Waals surface area contributed by atoms with Gasteiger partial charge in [0.1, 0.15) is 5.75 Å². The number of benzene rings is 2. The van der Waals surface area contributed by atoms with Crippen LogP contribution < -0.4 is 10.1 Å². The third kappa shape index (κ3) is 2.72. The monoisotopic (exact) mass is 312 g/mol. The molecule has 0 atom stereocenters. The molecule has 0 aliphatic carbocycles. The maximum atomic E-state index is 6.20. The van der Waals surface area contributed by atoms with E-state index in [1.54, 1.807) is 7.11 Å². The summed E-state index contributed by atoms with van der Waals surface area (Å²) in [5.41, 5.74) is 4.89. The number of hydrogen-bond donors (Lipinski definition) is 1. The van der Waals surface area contributed by atoms with Crippen LogP contribution in [0, 0.1) is 13.8 Å². The van der Waals surface area contributed by atoms with Gasteiger partial charge in [0.2, 0.25) is 0 Å². The molecule has 0 saturated heterocycles. The first kappa shape index (κ1) is 14.7. The van der Waals surface area contributed by atoms with E-state index in [0.717, 1.165) is 44.3 Å². The van der Waals surface area contributed by atoms with E-state index in [2.05, 4.69) is 10.3 Å². The maximum Gasteiger partial charge on any atom is 0.119 e. The molecule has 3 aromatic rings. The average Bonchev–Trinajstić information content (AvgIpc) is 2.51. The van der Waals surface area contributed by atoms with Crippen molar-refractivity contribution in [3.8, 4) is 5.75 Å². The van der Waals surface area contributed by atoms with Crippen molar-refractivity contribution in [2.24, 2.45) is 0 Å². The predicted molar refractivity (Wildman–Crippen MR) is 92.5 cm³/mol. The molecule has 3 rings (SSSR count). The number of methoxy groups -OCH3 is 1. The van der Waals surface area contributed by atoms with E-state index in [9.17, 15) is 0 Å². The molecule has 0 unspecified atom stereocenters. The Morgan fingerprint density at radius 2 is 1.86 bits per heavy atom. The number of aryl methyl sites for hydroxylation is 1. The number of rotatable bonds is 3. The number of halogens is 1. The number of nitrogens with one attached hydrogen (secondary N) is 1. The second-order valence-corrected chi connectivity index (χ2v) is 5.64. The fourth-order valence-electron chi connectivity index (χ4n) is 2.46. The Hall–Kier alpha value is -2.26. The fraction of sp³-hybridized carbons (Fsp3) is 0.167. The minimum atomic E-state index is 0.748. The van der Waals surface area contributed by atoms with Crippen molar-refractivity contribution in [1.29, 1.82) is 0 Å². The molecular weight excluding hydrogens is 296 g/mol. The normalized spacial score (nSPS) is 10.7. The van der Waals surface area contributed by atoms with Crippen LogP contribution in [-0.4, -0.2) is 12.1 Å². The Morgan fingerprint density at radius 1 is 1.05 bits per heavy atom. The Morgan fingerprint density at radius 3 is 2.64 bits per heavy atom. The highest BCUT2D eigenvalue weighted by Gasteiger charge is 2.08. The molecule has 0 aliphatic rings. The molecule has 3 nitrogen and oxygen atoms in total. The SMILES string of the molecule is COc1ccc2nc(C)cc(Nc3cccc(Cl)c3C)c2c1. The van der Waals surface area contributed by atoms with Gasteiger partial charge in [-0.05, 0) is 55.8 Å². The lowest BCUT2D eigenvalue weighted by Crippen LogP contribution is -1.97. The molecule has 0 aliphatic heterocycles. The zero-order chi connectivity index (χ0) is 15.7. The Labute approximate surface area is 134 Å². The number of fused-ring (bicyclic) bond motifs is 1. The van der Waals surface area contributed by atoms with Crippen LogP contribution in [0.3, 0.4) is 0 Å². The van der Waals surface area contributed by atoms with E-state index in [1.807, 2.05) is 56.3 Å². The van der Waals surface area contributed by atoms with Gasteiger partial charge in [0.05, 0.1) is 12.6 Å². The van der Waals surface area contributed by atoms with E-state index in [4.69, 9.17) is 16.3 Å². The largest absolute Gasteiger partial charge is 0.497 e. The van der Waals surface area contributed by atoms with Gasteiger partial charge in [0.25, 0.3) is 0 Å². The molecule has 0 saturated carbocycles. The molecule has 1 aromatic heterocycles. The maximum absolute atomic E-state index is 6.20. The summed E-state index contributed by atoms with van der Waals surface area (Å²) >= 11 is 6.20. The van der Waals surface area contributed by atoms with Crippen LogP contribution in [0.5, 0.6) is 5.75 Å². The Bertz CT molecular complexity index is 846. The van der Waals surface area contributed by atoms with Gasteiger partial charge in [-0.3, -0.25) is 4.98 Å². The van der Waals surface area contributed by atoms with E-state index in [1.165, 1.54) is 0 Å². The van der Waals surface area contributed by atoms with E-state index < -0.39 is 0 Å². The summed E-state index contributed by atoms with van der Waals surface area (Å²) in [6.45, 7) is 3.99. The summed E-state index contributed by atoms with van der Waals surface area (Å²) in [7, 11) is 1.66. The summed E-state index contributed by atoms with van der Waals surface area (Å²) in [6, 6.07) is 13.8. The van der Waals surface area contributed by atoms with Gasteiger partial charge in [0, 0.05) is 27.5 Å². The molecule has 0 spiro atoms. The number of nitrogens with zero attached hydrogens (tertiary/aromatic N) is 1. The first-order valence-electron chi connectivity index (χ1n) is 7.06. The topological polar surface area (TPSA) is 34.1 Å². The minimum Gasteiger partial charge on any atom is -0.497 e. The summed E-state index contributed by atoms with van der Waals surface area (Å²) in [5, 5.41) is 5.23. The van der Waals surface area contributed by atoms with Crippen LogP contribution in [0.4, 0.5) is 11.4 Å². The molecule has 1 heterocycles. The van der Waals surface area contributed by atoms with Crippen LogP contribution in [-0.2, 0) is 0 Å². The first-order valence-corrected chi connectivity index (χ1v) is 7.44. The lowest BCUT2D eigenvalue weighted by atomic mass is 10.1. The number of anilines is 2. The van der Waals surface area contributed by atoms with Crippen molar-refractivity contribution in [3.05, 3.63) is 58.7 Å². The molecule has 0 radical (unpaired) electrons. The van der Waals surface area contributed by atoms with Gasteiger partial charge in [-0.2, -0.15) is 0 Å². The zero-order valence-electron chi connectivity index (χ0n) is 12.8. The van der Waals surface area contributed by atoms with Crippen molar-refractivity contribution >= 4 is 33.9 Å². The fourth-order valence-corrected chi connectivity index (χ4v) is 2.63. The molecule has 0 bridgehead atoms. The van der Waals surface area contributed by atoms with Crippen molar-refractivity contribution in [2.75, 3.05) is 12.4 Å². The Balaban J connectivity index is 2.14. The van der Waals surface area contributed by atoms with Gasteiger partial charge in [-0.25, -0.2) is 0 Å². The van der Waals surface area contributed by atoms with Gasteiger partial charge >= 0.3 is 0 Å². The van der Waals surface area contributed by atoms with Crippen LogP contribution in [0.25, 0.3) is 10.9 Å². The highest BCUT2D eigenvalue weighted by atomic mass is 35.5. The highest BCUT2D eigenvalue weighted by Crippen LogP contribution is 2.32. The second kappa shape index (κ2) is 5.85. The van der Waals surface area contributed by atoms with E-state index in [0.29, 0.717) is 0 Å². The molecular formula is C18H17ClN2O. The standard InChI is InChI=1S/C18H17ClN2O/c1-11-9-18(21-16-6-4-5-15(19)12(16)2)14-10-13(22-3)7-8-17(14)20-11/h4-10H,1-3H3,(H,20,21). The van der Waals surface area contributed by atoms with Crippen LogP contribution in [0.1, 0.15) is 11.3 Å². The van der Waals surface area contributed by atoms with Crippen molar-refractivity contribution in [1.82, 2.24) is 4.98 Å². The molecule has 2 aromatic carbocycles. The van der Waals surface area contributed by atoms with Gasteiger partial charge < -0.3 is 10.1 Å². The number of pyridine rings is 1. The van der Waals surface area contributed by atoms with E-state index >= 15 is 0 Å². The third-order valence-corrected chi connectivity index (χ3v) is 4.09. The molecule has 0 amide bonds. The average molecular weight is 313 g/mol. The smallest absolute Gasteiger partial charge is 0.119 e. The highest BCUT2D eigenvalue weighted by molar-refractivity contribution is 6.31. The molecule has 22 heavy (non-hydrogen) atoms. The zero-order valence-corrected chi connectivity index (χ0v) is 13.5. The number of aromatic nitrogens is 1. The second-order valence-electron chi connectivity index (χ2n) is 5.23. The molecule has 0 fully saturated rings. The summed E-state index contributed by atoms with van der Waals surface area (Å²) in [6.07, 6.45) is 0. The van der Waals surface area contributed by atoms with Gasteiger partial charge in [0.15, 0.2) is 0 Å². The van der Waals surface area contributed by atoms with Crippen molar-refractivity contribution < 1.29 is 4.74 Å². The summed E-state index contributed by atoms with van der Waals surface area (Å²) < 4.78 is 5.32. The number of ether oxygens (including phenoxy) is 1. The van der Waals surface area contributed by atoms with Crippen LogP contribution in [0.15, 0.2) is 42.5 Å². The third-order valence-electron chi connectivity index (χ3n) is 3.68. The number of hydrogen-bond acceptors (Lipinski definition) is 3. The van der Waals surface area contributed by atoms with Crippen molar-refractivity contribution in [3.63, 3.8) is 0 Å². The lowest BCUT2D eigenvalue weighted by molar-refractivity contribution is 0.415. The predicted octanol–water partition coefficient (Wildman–Crippen LogP) is 5.26. The summed E-state index contributed by atoms with van der Waals surface area (Å²) in [5.74, 6) is 0.809. The summed E-state index contributed by atoms with van der Waals surface area (Å²) in [4.78, 5) is 4.57. The van der Waals surface area contributed by atoms with E-state index in [-0.39, 0.29) is 0 Å². The van der Waals surface area contributed by atoms with Crippen molar-refractivity contribution in [2.45, 2.75) is 13.8 Å². The van der Waals surface area contributed by atoms with Gasteiger partial charge in [-0.15, -0.1) is 0 Å². The molecule has 112 valence electrons. The van der Waals surface area contributed by atoms with Crippen LogP contribution >= 0.6 is 11.6 Å². The molecule has 1 N–H and O–H groups in total. The van der Waals surface area contributed by atoms with Crippen LogP contribution in [0.2, 0.25) is 5.02 Å². The van der Waals surface area contributed by atoms with Gasteiger partial charge in [-0.1, -0.05) is 17.7 Å². The quantitative estimate of drug-likeness (QED) is 0.716. The first-order chi connectivity index (χ1) is 10.6. The minimum absolute atomic E-state index is 0.748. The molecule has 4 heteroatoms.